The van der Waals surface area contributed by atoms with Crippen LogP contribution in [0.4, 0.5) is 29.2 Å². The van der Waals surface area contributed by atoms with Crippen LogP contribution >= 0.6 is 0 Å². The number of nitrogens with one attached hydrogen (secondary N) is 1. The first-order valence-corrected chi connectivity index (χ1v) is 15.2. The number of ether oxygens (including phenoxy) is 1. The molecule has 6 heterocycles. The van der Waals surface area contributed by atoms with Crippen molar-refractivity contribution in [3.63, 3.8) is 0 Å². The molecule has 43 heavy (non-hydrogen) atoms. The SMILES string of the molecule is Cc1cc(N)nc(-c2ccc3c(N4CC[C@H]5CC[C@@H](C4)N5)nc(OC[C@@]45CCCN4C[C@H](C)C5)nc3c2F)c1C(F)(F)F. The number of alkyl halides is 3. The van der Waals surface area contributed by atoms with Crippen molar-refractivity contribution in [2.45, 2.75) is 76.2 Å². The fourth-order valence-corrected chi connectivity index (χ4v) is 8.02. The summed E-state index contributed by atoms with van der Waals surface area (Å²) in [6, 6.07) is 4.82. The molecule has 0 radical (unpaired) electrons. The number of benzene rings is 1. The van der Waals surface area contributed by atoms with Crippen molar-refractivity contribution >= 4 is 22.5 Å². The second kappa shape index (κ2) is 10.4. The number of nitrogens with two attached hydrogens (primary N) is 1. The maximum atomic E-state index is 16.5. The standard InChI is InChI=1S/C31H37F4N7O/c1-17-13-30(9-3-10-42(30)14-17)16-43-29-39-27-22(28(40-29)41-11-8-19-4-5-20(15-41)37-19)7-6-21(25(27)32)26-24(31(33,34)35)18(2)12-23(36)38-26/h6-7,12,17,19-20,37H,3-5,8-11,13-16H2,1-2H3,(H2,36,38)/t17-,19-,20+,30+/m1/s1. The number of aromatic nitrogens is 3. The molecule has 230 valence electrons. The van der Waals surface area contributed by atoms with Gasteiger partial charge in [-0.2, -0.15) is 23.1 Å². The van der Waals surface area contributed by atoms with E-state index in [9.17, 15) is 13.2 Å². The molecule has 0 unspecified atom stereocenters. The lowest BCUT2D eigenvalue weighted by Crippen LogP contribution is -2.43. The van der Waals surface area contributed by atoms with Crippen molar-refractivity contribution in [2.75, 3.05) is 43.4 Å². The predicted molar refractivity (Wildman–Crippen MR) is 156 cm³/mol. The van der Waals surface area contributed by atoms with E-state index < -0.39 is 23.3 Å². The first-order valence-electron chi connectivity index (χ1n) is 15.2. The van der Waals surface area contributed by atoms with Gasteiger partial charge in [-0.05, 0) is 81.7 Å². The molecule has 4 aliphatic rings. The molecule has 0 aliphatic carbocycles. The Morgan fingerprint density at radius 2 is 1.91 bits per heavy atom. The van der Waals surface area contributed by atoms with Gasteiger partial charge >= 0.3 is 12.2 Å². The Kier molecular flexibility index (Phi) is 6.92. The van der Waals surface area contributed by atoms with Crippen LogP contribution in [0.5, 0.6) is 6.01 Å². The van der Waals surface area contributed by atoms with Gasteiger partial charge in [-0.3, -0.25) is 4.90 Å². The number of hydrogen-bond donors (Lipinski definition) is 2. The molecule has 1 aromatic carbocycles. The third-order valence-corrected chi connectivity index (χ3v) is 9.84. The molecule has 0 spiro atoms. The van der Waals surface area contributed by atoms with Crippen LogP contribution in [-0.4, -0.2) is 70.3 Å². The maximum absolute atomic E-state index is 16.5. The summed E-state index contributed by atoms with van der Waals surface area (Å²) in [7, 11) is 0. The number of hydrogen-bond acceptors (Lipinski definition) is 8. The van der Waals surface area contributed by atoms with Crippen molar-refractivity contribution in [3.8, 4) is 17.3 Å². The molecular formula is C31H37F4N7O. The van der Waals surface area contributed by atoms with Crippen LogP contribution in [0.3, 0.4) is 0 Å². The van der Waals surface area contributed by atoms with Gasteiger partial charge in [0.2, 0.25) is 0 Å². The summed E-state index contributed by atoms with van der Waals surface area (Å²) in [6.45, 7) is 7.36. The molecule has 4 fully saturated rings. The van der Waals surface area contributed by atoms with E-state index in [0.29, 0.717) is 42.9 Å². The zero-order chi connectivity index (χ0) is 30.1. The first kappa shape index (κ1) is 28.5. The molecule has 8 nitrogen and oxygen atoms in total. The van der Waals surface area contributed by atoms with Crippen molar-refractivity contribution in [3.05, 3.63) is 35.1 Å². The van der Waals surface area contributed by atoms with Gasteiger partial charge in [-0.25, -0.2) is 9.37 Å². The van der Waals surface area contributed by atoms with Crippen molar-refractivity contribution < 1.29 is 22.3 Å². The molecule has 4 aliphatic heterocycles. The van der Waals surface area contributed by atoms with E-state index in [1.165, 1.54) is 13.0 Å². The lowest BCUT2D eigenvalue weighted by molar-refractivity contribution is -0.137. The highest BCUT2D eigenvalue weighted by Crippen LogP contribution is 2.43. The second-order valence-corrected chi connectivity index (χ2v) is 13.0. The highest BCUT2D eigenvalue weighted by molar-refractivity contribution is 5.93. The Morgan fingerprint density at radius 3 is 2.72 bits per heavy atom. The lowest BCUT2D eigenvalue weighted by atomic mass is 9.92. The van der Waals surface area contributed by atoms with Crippen LogP contribution in [-0.2, 0) is 6.18 Å². The number of rotatable bonds is 5. The minimum absolute atomic E-state index is 0.0365. The van der Waals surface area contributed by atoms with Crippen molar-refractivity contribution in [2.24, 2.45) is 5.92 Å². The van der Waals surface area contributed by atoms with Gasteiger partial charge in [0.1, 0.15) is 23.8 Å². The number of nitrogen functional groups attached to an aromatic ring is 1. The molecule has 4 atom stereocenters. The molecule has 12 heteroatoms. The zero-order valence-corrected chi connectivity index (χ0v) is 24.5. The van der Waals surface area contributed by atoms with Gasteiger partial charge in [-0.1, -0.05) is 6.92 Å². The summed E-state index contributed by atoms with van der Waals surface area (Å²) in [4.78, 5) is 17.9. The summed E-state index contributed by atoms with van der Waals surface area (Å²) in [5.74, 6) is 0.0616. The number of anilines is 2. The molecule has 4 saturated heterocycles. The van der Waals surface area contributed by atoms with E-state index in [1.807, 2.05) is 0 Å². The largest absolute Gasteiger partial charge is 0.461 e. The summed E-state index contributed by atoms with van der Waals surface area (Å²) in [5.41, 5.74) is 3.65. The summed E-state index contributed by atoms with van der Waals surface area (Å²) in [5, 5.41) is 4.08. The Labute approximate surface area is 248 Å². The monoisotopic (exact) mass is 599 g/mol. The van der Waals surface area contributed by atoms with Crippen molar-refractivity contribution in [1.29, 1.82) is 0 Å². The molecule has 2 bridgehead atoms. The Bertz CT molecular complexity index is 1570. The minimum Gasteiger partial charge on any atom is -0.461 e. The van der Waals surface area contributed by atoms with Crippen molar-refractivity contribution in [1.82, 2.24) is 25.2 Å². The third kappa shape index (κ3) is 5.05. The quantitative estimate of drug-likeness (QED) is 0.381. The topological polar surface area (TPSA) is 92.4 Å². The Balaban J connectivity index is 1.34. The van der Waals surface area contributed by atoms with Gasteiger partial charge in [-0.15, -0.1) is 0 Å². The highest BCUT2D eigenvalue weighted by Gasteiger charge is 2.48. The van der Waals surface area contributed by atoms with Crippen LogP contribution < -0.4 is 20.7 Å². The number of halogens is 4. The van der Waals surface area contributed by atoms with E-state index in [-0.39, 0.29) is 40.1 Å². The summed E-state index contributed by atoms with van der Waals surface area (Å²) < 4.78 is 65.3. The van der Waals surface area contributed by atoms with Gasteiger partial charge in [0.05, 0.1) is 16.8 Å². The van der Waals surface area contributed by atoms with E-state index in [0.717, 1.165) is 57.7 Å². The molecule has 3 aromatic rings. The zero-order valence-electron chi connectivity index (χ0n) is 24.5. The van der Waals surface area contributed by atoms with Gasteiger partial charge in [0.15, 0.2) is 5.82 Å². The van der Waals surface area contributed by atoms with E-state index in [1.54, 1.807) is 6.07 Å². The van der Waals surface area contributed by atoms with Crippen LogP contribution in [0.2, 0.25) is 0 Å². The van der Waals surface area contributed by atoms with Crippen LogP contribution in [0.15, 0.2) is 18.2 Å². The smallest absolute Gasteiger partial charge is 0.418 e. The lowest BCUT2D eigenvalue weighted by Gasteiger charge is -2.31. The van der Waals surface area contributed by atoms with Gasteiger partial charge < -0.3 is 20.7 Å². The predicted octanol–water partition coefficient (Wildman–Crippen LogP) is 5.32. The van der Waals surface area contributed by atoms with E-state index in [4.69, 9.17) is 15.5 Å². The van der Waals surface area contributed by atoms with Crippen LogP contribution in [0, 0.1) is 18.7 Å². The van der Waals surface area contributed by atoms with E-state index in [2.05, 4.69) is 32.0 Å². The first-order chi connectivity index (χ1) is 20.5. The average molecular weight is 600 g/mol. The maximum Gasteiger partial charge on any atom is 0.418 e. The summed E-state index contributed by atoms with van der Waals surface area (Å²) >= 11 is 0. The van der Waals surface area contributed by atoms with Crippen LogP contribution in [0.1, 0.15) is 56.6 Å². The Hall–Kier alpha value is -3.25. The number of aryl methyl sites for hydroxylation is 1. The fraction of sp³-hybridized carbons (Fsp3) is 0.581. The van der Waals surface area contributed by atoms with Crippen LogP contribution in [0.25, 0.3) is 22.2 Å². The third-order valence-electron chi connectivity index (χ3n) is 9.84. The van der Waals surface area contributed by atoms with E-state index >= 15 is 4.39 Å². The normalized spacial score (nSPS) is 27.6. The Morgan fingerprint density at radius 1 is 1.09 bits per heavy atom. The van der Waals surface area contributed by atoms with Gasteiger partial charge in [0.25, 0.3) is 0 Å². The molecule has 3 N–H and O–H groups in total. The van der Waals surface area contributed by atoms with Gasteiger partial charge in [0, 0.05) is 42.7 Å². The second-order valence-electron chi connectivity index (χ2n) is 13.0. The molecular weight excluding hydrogens is 562 g/mol. The number of fused-ring (bicyclic) bond motifs is 4. The number of pyridine rings is 1. The minimum atomic E-state index is -4.75. The fourth-order valence-electron chi connectivity index (χ4n) is 8.02. The molecule has 7 rings (SSSR count). The summed E-state index contributed by atoms with van der Waals surface area (Å²) in [6.07, 6.45) is 1.44. The highest BCUT2D eigenvalue weighted by atomic mass is 19.4. The molecule has 0 saturated carbocycles. The molecule has 2 aromatic heterocycles. The number of nitrogens with zero attached hydrogens (tertiary/aromatic N) is 5. The molecule has 0 amide bonds. The average Bonchev–Trinajstić information content (AvgIpc) is 3.57.